The summed E-state index contributed by atoms with van der Waals surface area (Å²) in [7, 11) is 1.23. The maximum atomic E-state index is 11.2. The number of rotatable bonds is 5. The average Bonchev–Trinajstić information content (AvgIpc) is 2.22. The molecule has 0 spiro atoms. The Morgan fingerprint density at radius 1 is 1.36 bits per heavy atom. The molecule has 0 aromatic rings. The van der Waals surface area contributed by atoms with Gasteiger partial charge >= 0.3 is 11.9 Å². The quantitative estimate of drug-likeness (QED) is 0.505. The van der Waals surface area contributed by atoms with Crippen LogP contribution in [0.1, 0.15) is 20.3 Å². The summed E-state index contributed by atoms with van der Waals surface area (Å²) in [5, 5.41) is 0. The van der Waals surface area contributed by atoms with Crippen molar-refractivity contribution >= 4 is 11.9 Å². The monoisotopic (exact) mass is 203 g/mol. The molecule has 0 saturated heterocycles. The van der Waals surface area contributed by atoms with E-state index in [1.807, 2.05) is 6.92 Å². The molecule has 0 saturated carbocycles. The molecule has 0 heterocycles. The first-order chi connectivity index (χ1) is 6.52. The van der Waals surface area contributed by atoms with E-state index >= 15 is 0 Å². The van der Waals surface area contributed by atoms with E-state index in [0.717, 1.165) is 6.42 Å². The maximum Gasteiger partial charge on any atom is 0.320 e. The minimum absolute atomic E-state index is 0.136. The molecule has 2 N–H and O–H groups in total. The predicted molar refractivity (Wildman–Crippen MR) is 50.4 cm³/mol. The fraction of sp³-hybridized carbons (Fsp3) is 0.778. The van der Waals surface area contributed by atoms with E-state index in [4.69, 9.17) is 10.5 Å². The number of esters is 2. The second kappa shape index (κ2) is 6.37. The number of nitrogens with two attached hydrogens (primary N) is 1. The van der Waals surface area contributed by atoms with Gasteiger partial charge in [-0.15, -0.1) is 0 Å². The van der Waals surface area contributed by atoms with Crippen LogP contribution in [0.3, 0.4) is 0 Å². The highest BCUT2D eigenvalue weighted by Crippen LogP contribution is 2.01. The number of carbonyl (C=O) groups is 2. The summed E-state index contributed by atoms with van der Waals surface area (Å²) in [5.41, 5.74) is 5.54. The van der Waals surface area contributed by atoms with Gasteiger partial charge < -0.3 is 15.2 Å². The Balaban J connectivity index is 3.90. The summed E-state index contributed by atoms with van der Waals surface area (Å²) in [6, 6.07) is -0.177. The van der Waals surface area contributed by atoms with Crippen molar-refractivity contribution < 1.29 is 19.1 Å². The van der Waals surface area contributed by atoms with Crippen LogP contribution in [0, 0.1) is 5.92 Å². The van der Waals surface area contributed by atoms with Crippen LogP contribution in [0.25, 0.3) is 0 Å². The lowest BCUT2D eigenvalue weighted by molar-refractivity contribution is -0.159. The van der Waals surface area contributed by atoms with E-state index in [2.05, 4.69) is 4.74 Å². The zero-order valence-electron chi connectivity index (χ0n) is 8.78. The molecule has 2 unspecified atom stereocenters. The van der Waals surface area contributed by atoms with Crippen molar-refractivity contribution in [3.05, 3.63) is 0 Å². The van der Waals surface area contributed by atoms with E-state index in [1.165, 1.54) is 14.0 Å². The summed E-state index contributed by atoms with van der Waals surface area (Å²) in [5.74, 6) is -2.08. The van der Waals surface area contributed by atoms with Crippen molar-refractivity contribution in [2.45, 2.75) is 26.3 Å². The molecular weight excluding hydrogens is 186 g/mol. The summed E-state index contributed by atoms with van der Waals surface area (Å²) >= 11 is 0. The molecule has 0 aliphatic rings. The van der Waals surface area contributed by atoms with Gasteiger partial charge in [-0.2, -0.15) is 0 Å². The number of methoxy groups -OCH3 is 1. The van der Waals surface area contributed by atoms with Crippen LogP contribution in [-0.2, 0) is 19.1 Å². The van der Waals surface area contributed by atoms with Crippen molar-refractivity contribution in [1.82, 2.24) is 0 Å². The molecule has 0 fully saturated rings. The van der Waals surface area contributed by atoms with Crippen molar-refractivity contribution in [3.63, 3.8) is 0 Å². The van der Waals surface area contributed by atoms with Gasteiger partial charge in [0.2, 0.25) is 0 Å². The first-order valence-electron chi connectivity index (χ1n) is 4.53. The van der Waals surface area contributed by atoms with Gasteiger partial charge in [0, 0.05) is 6.04 Å². The molecule has 0 amide bonds. The first kappa shape index (κ1) is 12.9. The molecule has 0 aliphatic heterocycles. The van der Waals surface area contributed by atoms with Crippen molar-refractivity contribution in [2.24, 2.45) is 11.7 Å². The summed E-state index contributed by atoms with van der Waals surface area (Å²) in [4.78, 5) is 22.1. The van der Waals surface area contributed by atoms with Gasteiger partial charge in [-0.25, -0.2) is 0 Å². The second-order valence-corrected chi connectivity index (χ2v) is 3.04. The van der Waals surface area contributed by atoms with Crippen LogP contribution in [0.4, 0.5) is 0 Å². The molecule has 14 heavy (non-hydrogen) atoms. The van der Waals surface area contributed by atoms with Crippen LogP contribution in [0.5, 0.6) is 0 Å². The Bertz CT molecular complexity index is 205. The van der Waals surface area contributed by atoms with E-state index < -0.39 is 17.9 Å². The molecule has 0 aromatic heterocycles. The molecule has 5 heteroatoms. The van der Waals surface area contributed by atoms with Gasteiger partial charge in [-0.3, -0.25) is 9.59 Å². The van der Waals surface area contributed by atoms with Crippen LogP contribution >= 0.6 is 0 Å². The Morgan fingerprint density at radius 2 is 1.93 bits per heavy atom. The fourth-order valence-corrected chi connectivity index (χ4v) is 0.705. The van der Waals surface area contributed by atoms with Gasteiger partial charge in [0.15, 0.2) is 5.92 Å². The molecule has 0 radical (unpaired) electrons. The zero-order chi connectivity index (χ0) is 11.1. The lowest BCUT2D eigenvalue weighted by Crippen LogP contribution is -2.31. The Labute approximate surface area is 83.5 Å². The number of hydrogen-bond donors (Lipinski definition) is 1. The smallest absolute Gasteiger partial charge is 0.320 e. The molecule has 5 nitrogen and oxygen atoms in total. The van der Waals surface area contributed by atoms with Gasteiger partial charge in [0.25, 0.3) is 0 Å². The average molecular weight is 203 g/mol. The number of ether oxygens (including phenoxy) is 2. The Morgan fingerprint density at radius 3 is 2.36 bits per heavy atom. The highest BCUT2D eigenvalue weighted by molar-refractivity contribution is 5.94. The minimum Gasteiger partial charge on any atom is -0.468 e. The van der Waals surface area contributed by atoms with Gasteiger partial charge in [0.1, 0.15) is 6.61 Å². The highest BCUT2D eigenvalue weighted by Gasteiger charge is 2.23. The summed E-state index contributed by atoms with van der Waals surface area (Å²) in [6.07, 6.45) is 0.722. The van der Waals surface area contributed by atoms with Crippen molar-refractivity contribution in [1.29, 1.82) is 0 Å². The fourth-order valence-electron chi connectivity index (χ4n) is 0.705. The predicted octanol–water partition coefficient (Wildman–Crippen LogP) is 0.0760. The molecule has 0 aromatic carbocycles. The van der Waals surface area contributed by atoms with Gasteiger partial charge in [-0.1, -0.05) is 6.92 Å². The summed E-state index contributed by atoms with van der Waals surface area (Å²) in [6.45, 7) is 3.46. The zero-order valence-corrected chi connectivity index (χ0v) is 8.78. The second-order valence-electron chi connectivity index (χ2n) is 3.04. The van der Waals surface area contributed by atoms with Gasteiger partial charge in [0.05, 0.1) is 7.11 Å². The van der Waals surface area contributed by atoms with Crippen LogP contribution < -0.4 is 5.73 Å². The third kappa shape index (κ3) is 4.23. The highest BCUT2D eigenvalue weighted by atomic mass is 16.5. The lowest BCUT2D eigenvalue weighted by atomic mass is 10.2. The van der Waals surface area contributed by atoms with E-state index in [1.54, 1.807) is 0 Å². The molecule has 2 atom stereocenters. The molecule has 0 aliphatic carbocycles. The molecule has 0 rings (SSSR count). The van der Waals surface area contributed by atoms with Crippen molar-refractivity contribution in [2.75, 3.05) is 13.7 Å². The number of carbonyl (C=O) groups excluding carboxylic acids is 2. The molecule has 0 bridgehead atoms. The van der Waals surface area contributed by atoms with Crippen LogP contribution in [-0.4, -0.2) is 31.7 Å². The van der Waals surface area contributed by atoms with Crippen LogP contribution in [0.15, 0.2) is 0 Å². The van der Waals surface area contributed by atoms with E-state index in [-0.39, 0.29) is 12.6 Å². The molecule has 82 valence electrons. The Kier molecular flexibility index (Phi) is 5.87. The SMILES string of the molecule is CCC(N)COC(=O)C(C)C(=O)OC. The summed E-state index contributed by atoms with van der Waals surface area (Å²) < 4.78 is 9.21. The number of hydrogen-bond acceptors (Lipinski definition) is 5. The Hall–Kier alpha value is -1.10. The van der Waals surface area contributed by atoms with E-state index in [0.29, 0.717) is 0 Å². The van der Waals surface area contributed by atoms with E-state index in [9.17, 15) is 9.59 Å². The van der Waals surface area contributed by atoms with Crippen molar-refractivity contribution in [3.8, 4) is 0 Å². The molecular formula is C9H17NO4. The third-order valence-electron chi connectivity index (χ3n) is 1.87. The topological polar surface area (TPSA) is 78.6 Å². The standard InChI is InChI=1S/C9H17NO4/c1-4-7(10)5-14-9(12)6(2)8(11)13-3/h6-7H,4-5,10H2,1-3H3. The largest absolute Gasteiger partial charge is 0.468 e. The minimum atomic E-state index is -0.885. The first-order valence-corrected chi connectivity index (χ1v) is 4.53. The third-order valence-corrected chi connectivity index (χ3v) is 1.87. The van der Waals surface area contributed by atoms with Gasteiger partial charge in [-0.05, 0) is 13.3 Å². The van der Waals surface area contributed by atoms with Crippen LogP contribution in [0.2, 0.25) is 0 Å². The maximum absolute atomic E-state index is 11.2. The lowest BCUT2D eigenvalue weighted by Gasteiger charge is -2.12. The normalized spacial score (nSPS) is 14.3.